The van der Waals surface area contributed by atoms with Crippen molar-refractivity contribution in [1.29, 1.82) is 0 Å². The number of aromatic nitrogens is 4. The fourth-order valence-electron chi connectivity index (χ4n) is 2.06. The van der Waals surface area contributed by atoms with Gasteiger partial charge in [-0.25, -0.2) is 4.68 Å². The predicted octanol–water partition coefficient (Wildman–Crippen LogP) is 2.10. The van der Waals surface area contributed by atoms with Gasteiger partial charge in [-0.1, -0.05) is 13.0 Å². The molecule has 7 heteroatoms. The second-order valence-corrected chi connectivity index (χ2v) is 5.42. The van der Waals surface area contributed by atoms with E-state index in [0.717, 1.165) is 17.7 Å². The fraction of sp³-hybridized carbons (Fsp3) is 0.357. The van der Waals surface area contributed by atoms with Crippen LogP contribution in [0.2, 0.25) is 0 Å². The largest absolute Gasteiger partial charge is 0.378 e. The van der Waals surface area contributed by atoms with E-state index in [1.54, 1.807) is 17.0 Å². The monoisotopic (exact) mass is 351 g/mol. The third-order valence-electron chi connectivity index (χ3n) is 3.08. The molecule has 2 aromatic rings. The normalized spacial score (nSPS) is 10.6. The van der Waals surface area contributed by atoms with Crippen molar-refractivity contribution >= 4 is 21.6 Å². The molecule has 2 rings (SSSR count). The lowest BCUT2D eigenvalue weighted by Crippen LogP contribution is -2.23. The summed E-state index contributed by atoms with van der Waals surface area (Å²) in [4.78, 5) is 12.1. The van der Waals surface area contributed by atoms with Crippen LogP contribution in [0.15, 0.2) is 34.3 Å². The van der Waals surface area contributed by atoms with E-state index in [1.165, 1.54) is 4.68 Å². The summed E-state index contributed by atoms with van der Waals surface area (Å²) in [5.74, 6) is 0. The van der Waals surface area contributed by atoms with Gasteiger partial charge in [-0.3, -0.25) is 9.48 Å². The Morgan fingerprint density at radius 3 is 2.95 bits per heavy atom. The van der Waals surface area contributed by atoms with E-state index in [9.17, 15) is 4.79 Å². The quantitative estimate of drug-likeness (QED) is 0.809. The van der Waals surface area contributed by atoms with E-state index in [-0.39, 0.29) is 5.56 Å². The fourth-order valence-corrected chi connectivity index (χ4v) is 2.51. The van der Waals surface area contributed by atoms with E-state index in [1.807, 2.05) is 13.2 Å². The van der Waals surface area contributed by atoms with Gasteiger partial charge in [0.1, 0.15) is 4.47 Å². The number of rotatable bonds is 6. The summed E-state index contributed by atoms with van der Waals surface area (Å²) in [6, 6.07) is 0. The van der Waals surface area contributed by atoms with Gasteiger partial charge in [-0.15, -0.1) is 6.58 Å². The molecular weight excluding hydrogens is 334 g/mol. The topological polar surface area (TPSA) is 64.7 Å². The van der Waals surface area contributed by atoms with Crippen molar-refractivity contribution < 1.29 is 0 Å². The van der Waals surface area contributed by atoms with Crippen molar-refractivity contribution in [1.82, 2.24) is 19.6 Å². The molecule has 0 fully saturated rings. The Balaban J connectivity index is 2.18. The molecule has 0 aliphatic heterocycles. The lowest BCUT2D eigenvalue weighted by molar-refractivity contribution is 0.649. The Bertz CT molecular complexity index is 704. The zero-order valence-electron chi connectivity index (χ0n) is 12.1. The Morgan fingerprint density at radius 2 is 2.29 bits per heavy atom. The molecular formula is C14H18BrN5O. The first-order valence-electron chi connectivity index (χ1n) is 6.68. The van der Waals surface area contributed by atoms with Gasteiger partial charge in [0.2, 0.25) is 0 Å². The molecule has 0 aliphatic carbocycles. The van der Waals surface area contributed by atoms with E-state index in [2.05, 4.69) is 44.9 Å². The highest BCUT2D eigenvalue weighted by Crippen LogP contribution is 2.18. The maximum absolute atomic E-state index is 12.1. The number of aryl methyl sites for hydroxylation is 2. The highest BCUT2D eigenvalue weighted by molar-refractivity contribution is 9.10. The minimum absolute atomic E-state index is 0.179. The molecule has 21 heavy (non-hydrogen) atoms. The van der Waals surface area contributed by atoms with Gasteiger partial charge in [0.15, 0.2) is 0 Å². The summed E-state index contributed by atoms with van der Waals surface area (Å²) in [5, 5.41) is 11.7. The standard InChI is InChI=1S/C14H18BrN5O/c1-4-6-20-14(21)13(15)12(8-17-20)16-7-10-9-19(3)18-11(10)5-2/h4,8-9,16H,1,5-7H2,2-3H3. The zero-order valence-corrected chi connectivity index (χ0v) is 13.7. The first-order chi connectivity index (χ1) is 10.1. The molecule has 0 saturated carbocycles. The highest BCUT2D eigenvalue weighted by atomic mass is 79.9. The molecule has 0 spiro atoms. The Labute approximate surface area is 131 Å². The summed E-state index contributed by atoms with van der Waals surface area (Å²) in [6.07, 6.45) is 6.12. The second kappa shape index (κ2) is 6.71. The molecule has 112 valence electrons. The highest BCUT2D eigenvalue weighted by Gasteiger charge is 2.10. The van der Waals surface area contributed by atoms with E-state index < -0.39 is 0 Å². The van der Waals surface area contributed by atoms with Gasteiger partial charge >= 0.3 is 0 Å². The molecule has 0 aromatic carbocycles. The van der Waals surface area contributed by atoms with Crippen LogP contribution in [0.1, 0.15) is 18.2 Å². The maximum atomic E-state index is 12.1. The molecule has 1 N–H and O–H groups in total. The van der Waals surface area contributed by atoms with Crippen LogP contribution >= 0.6 is 15.9 Å². The number of nitrogens with one attached hydrogen (secondary N) is 1. The van der Waals surface area contributed by atoms with Gasteiger partial charge in [0.25, 0.3) is 5.56 Å². The van der Waals surface area contributed by atoms with Gasteiger partial charge in [0, 0.05) is 25.4 Å². The Kier molecular flexibility index (Phi) is 4.95. The first-order valence-corrected chi connectivity index (χ1v) is 7.47. The second-order valence-electron chi connectivity index (χ2n) is 4.63. The predicted molar refractivity (Wildman–Crippen MR) is 86.3 cm³/mol. The molecule has 0 aliphatic rings. The van der Waals surface area contributed by atoms with E-state index >= 15 is 0 Å². The molecule has 2 heterocycles. The number of anilines is 1. The van der Waals surface area contributed by atoms with Crippen molar-refractivity contribution in [2.24, 2.45) is 7.05 Å². The van der Waals surface area contributed by atoms with Gasteiger partial charge in [-0.2, -0.15) is 10.2 Å². The van der Waals surface area contributed by atoms with Crippen LogP contribution in [0.25, 0.3) is 0 Å². The van der Waals surface area contributed by atoms with Crippen molar-refractivity contribution in [2.75, 3.05) is 5.32 Å². The maximum Gasteiger partial charge on any atom is 0.283 e. The van der Waals surface area contributed by atoms with Crippen LogP contribution in [0.5, 0.6) is 0 Å². The van der Waals surface area contributed by atoms with Gasteiger partial charge < -0.3 is 5.32 Å². The first kappa shape index (κ1) is 15.5. The average Bonchev–Trinajstić information content (AvgIpc) is 2.83. The van der Waals surface area contributed by atoms with Crippen molar-refractivity contribution in [3.63, 3.8) is 0 Å². The average molecular weight is 352 g/mol. The van der Waals surface area contributed by atoms with Crippen LogP contribution in [-0.4, -0.2) is 19.6 Å². The number of hydrogen-bond acceptors (Lipinski definition) is 4. The summed E-state index contributed by atoms with van der Waals surface area (Å²) < 4.78 is 3.62. The molecule has 0 bridgehead atoms. The molecule has 6 nitrogen and oxygen atoms in total. The molecule has 0 saturated heterocycles. The Morgan fingerprint density at radius 1 is 1.52 bits per heavy atom. The van der Waals surface area contributed by atoms with Crippen LogP contribution in [0.4, 0.5) is 5.69 Å². The van der Waals surface area contributed by atoms with Crippen molar-refractivity contribution in [2.45, 2.75) is 26.4 Å². The molecule has 0 radical (unpaired) electrons. The van der Waals surface area contributed by atoms with Gasteiger partial charge in [0.05, 0.1) is 24.1 Å². The van der Waals surface area contributed by atoms with Crippen molar-refractivity contribution in [3.8, 4) is 0 Å². The molecule has 0 unspecified atom stereocenters. The summed E-state index contributed by atoms with van der Waals surface area (Å²) in [7, 11) is 1.90. The van der Waals surface area contributed by atoms with Crippen LogP contribution in [0, 0.1) is 0 Å². The smallest absolute Gasteiger partial charge is 0.283 e. The number of allylic oxidation sites excluding steroid dienone is 1. The summed E-state index contributed by atoms with van der Waals surface area (Å²) >= 11 is 3.32. The van der Waals surface area contributed by atoms with E-state index in [4.69, 9.17) is 0 Å². The van der Waals surface area contributed by atoms with E-state index in [0.29, 0.717) is 23.2 Å². The van der Waals surface area contributed by atoms with Crippen LogP contribution in [0.3, 0.4) is 0 Å². The number of hydrogen-bond donors (Lipinski definition) is 1. The lowest BCUT2D eigenvalue weighted by atomic mass is 10.2. The number of nitrogens with zero attached hydrogens (tertiary/aromatic N) is 4. The summed E-state index contributed by atoms with van der Waals surface area (Å²) in [5.41, 5.74) is 2.66. The SMILES string of the molecule is C=CCn1ncc(NCc2cn(C)nc2CC)c(Br)c1=O. The molecule has 2 aromatic heterocycles. The zero-order chi connectivity index (χ0) is 15.4. The molecule has 0 amide bonds. The minimum atomic E-state index is -0.179. The number of halogens is 1. The summed E-state index contributed by atoms with van der Waals surface area (Å²) in [6.45, 7) is 6.66. The molecule has 0 atom stereocenters. The van der Waals surface area contributed by atoms with Gasteiger partial charge in [-0.05, 0) is 22.4 Å². The van der Waals surface area contributed by atoms with Crippen LogP contribution in [-0.2, 0) is 26.6 Å². The van der Waals surface area contributed by atoms with Crippen LogP contribution < -0.4 is 10.9 Å². The Hall–Kier alpha value is -1.89. The third kappa shape index (κ3) is 3.41. The lowest BCUT2D eigenvalue weighted by Gasteiger charge is -2.09. The minimum Gasteiger partial charge on any atom is -0.378 e. The third-order valence-corrected chi connectivity index (χ3v) is 3.85. The van der Waals surface area contributed by atoms with Crippen molar-refractivity contribution in [3.05, 3.63) is 51.1 Å².